The minimum Gasteiger partial charge on any atom is -0.507 e. The first-order valence-corrected chi connectivity index (χ1v) is 4.39. The second-order valence-corrected chi connectivity index (χ2v) is 3.10. The van der Waals surface area contributed by atoms with E-state index in [0.29, 0.717) is 5.56 Å². The van der Waals surface area contributed by atoms with Gasteiger partial charge in [0.2, 0.25) is 0 Å². The van der Waals surface area contributed by atoms with E-state index >= 15 is 0 Å². The highest BCUT2D eigenvalue weighted by molar-refractivity contribution is 5.92. The molecule has 80 valence electrons. The van der Waals surface area contributed by atoms with Gasteiger partial charge in [-0.1, -0.05) is 0 Å². The maximum atomic E-state index is 10.7. The van der Waals surface area contributed by atoms with E-state index in [4.69, 9.17) is 5.11 Å². The van der Waals surface area contributed by atoms with E-state index in [9.17, 15) is 15.0 Å². The first-order chi connectivity index (χ1) is 7.06. The van der Waals surface area contributed by atoms with Crippen LogP contribution in [0.25, 0.3) is 6.08 Å². The zero-order chi connectivity index (χ0) is 11.4. The molecular formula is C11H12O4. The van der Waals surface area contributed by atoms with E-state index in [0.717, 1.165) is 0 Å². The predicted octanol–water partition coefficient (Wildman–Crippen LogP) is 1.19. The quantitative estimate of drug-likeness (QED) is 0.652. The first kappa shape index (κ1) is 11.3. The van der Waals surface area contributed by atoms with Gasteiger partial charge in [0.15, 0.2) is 5.78 Å². The average Bonchev–Trinajstić information content (AvgIpc) is 2.17. The van der Waals surface area contributed by atoms with Crippen LogP contribution in [-0.2, 0) is 11.4 Å². The summed E-state index contributed by atoms with van der Waals surface area (Å²) >= 11 is 0. The highest BCUT2D eigenvalue weighted by Crippen LogP contribution is 2.31. The van der Waals surface area contributed by atoms with Gasteiger partial charge >= 0.3 is 0 Å². The molecule has 1 aromatic carbocycles. The fourth-order valence-electron chi connectivity index (χ4n) is 1.14. The van der Waals surface area contributed by atoms with Crippen molar-refractivity contribution in [1.82, 2.24) is 0 Å². The Morgan fingerprint density at radius 2 is 2.07 bits per heavy atom. The molecule has 0 aliphatic carbocycles. The third-order valence-electron chi connectivity index (χ3n) is 1.94. The highest BCUT2D eigenvalue weighted by Gasteiger charge is 2.09. The minimum absolute atomic E-state index is 0.0562. The fourth-order valence-corrected chi connectivity index (χ4v) is 1.14. The molecule has 0 radical (unpaired) electrons. The third-order valence-corrected chi connectivity index (χ3v) is 1.94. The van der Waals surface area contributed by atoms with Crippen LogP contribution in [0.5, 0.6) is 11.5 Å². The van der Waals surface area contributed by atoms with Gasteiger partial charge in [0, 0.05) is 5.56 Å². The number of aromatic hydroxyl groups is 2. The second-order valence-electron chi connectivity index (χ2n) is 3.10. The van der Waals surface area contributed by atoms with Gasteiger partial charge in [0.1, 0.15) is 11.5 Å². The smallest absolute Gasteiger partial charge is 0.152 e. The molecular weight excluding hydrogens is 196 g/mol. The molecule has 0 aliphatic heterocycles. The molecule has 1 aromatic rings. The lowest BCUT2D eigenvalue weighted by molar-refractivity contribution is -0.112. The maximum absolute atomic E-state index is 10.7. The Labute approximate surface area is 87.1 Å². The van der Waals surface area contributed by atoms with E-state index in [2.05, 4.69) is 0 Å². The second kappa shape index (κ2) is 4.61. The molecule has 0 atom stereocenters. The minimum atomic E-state index is -0.459. The van der Waals surface area contributed by atoms with E-state index < -0.39 is 6.61 Å². The molecule has 0 aliphatic rings. The highest BCUT2D eigenvalue weighted by atomic mass is 16.3. The Balaban J connectivity index is 3.16. The van der Waals surface area contributed by atoms with Gasteiger partial charge in [0.05, 0.1) is 12.2 Å². The molecule has 0 heterocycles. The van der Waals surface area contributed by atoms with Crippen LogP contribution in [0.3, 0.4) is 0 Å². The Kier molecular flexibility index (Phi) is 3.46. The summed E-state index contributed by atoms with van der Waals surface area (Å²) in [6.45, 7) is 0.931. The van der Waals surface area contributed by atoms with E-state index in [1.54, 1.807) is 0 Å². The summed E-state index contributed by atoms with van der Waals surface area (Å²) in [4.78, 5) is 10.7. The van der Waals surface area contributed by atoms with Crippen molar-refractivity contribution in [2.75, 3.05) is 0 Å². The van der Waals surface area contributed by atoms with Crippen LogP contribution in [-0.4, -0.2) is 21.1 Å². The number of allylic oxidation sites excluding steroid dienone is 1. The van der Waals surface area contributed by atoms with E-state index in [-0.39, 0.29) is 22.8 Å². The number of hydrogen-bond acceptors (Lipinski definition) is 4. The Morgan fingerprint density at radius 3 is 2.60 bits per heavy atom. The van der Waals surface area contributed by atoms with Gasteiger partial charge in [-0.25, -0.2) is 0 Å². The molecule has 15 heavy (non-hydrogen) atoms. The Hall–Kier alpha value is -1.81. The molecule has 0 spiro atoms. The Bertz CT molecular complexity index is 407. The van der Waals surface area contributed by atoms with Crippen LogP contribution < -0.4 is 0 Å². The largest absolute Gasteiger partial charge is 0.507 e. The number of benzene rings is 1. The molecule has 0 amide bonds. The van der Waals surface area contributed by atoms with Gasteiger partial charge in [-0.05, 0) is 31.2 Å². The van der Waals surface area contributed by atoms with Gasteiger partial charge < -0.3 is 15.3 Å². The summed E-state index contributed by atoms with van der Waals surface area (Å²) in [5.74, 6) is -0.530. The number of phenols is 2. The monoisotopic (exact) mass is 208 g/mol. The molecule has 3 N–H and O–H groups in total. The lowest BCUT2D eigenvalue weighted by Crippen LogP contribution is -1.88. The number of carbonyl (C=O) groups excluding carboxylic acids is 1. The zero-order valence-electron chi connectivity index (χ0n) is 8.27. The molecule has 1 rings (SSSR count). The van der Waals surface area contributed by atoms with Crippen molar-refractivity contribution in [3.05, 3.63) is 29.3 Å². The van der Waals surface area contributed by atoms with Gasteiger partial charge in [-0.2, -0.15) is 0 Å². The summed E-state index contributed by atoms with van der Waals surface area (Å²) in [5.41, 5.74) is 0.438. The van der Waals surface area contributed by atoms with Crippen molar-refractivity contribution >= 4 is 11.9 Å². The lowest BCUT2D eigenvalue weighted by Gasteiger charge is -2.06. The number of ketones is 1. The number of aliphatic hydroxyl groups excluding tert-OH is 1. The van der Waals surface area contributed by atoms with Crippen molar-refractivity contribution in [2.24, 2.45) is 0 Å². The number of rotatable bonds is 3. The maximum Gasteiger partial charge on any atom is 0.152 e. The first-order valence-electron chi connectivity index (χ1n) is 4.39. The number of aliphatic hydroxyl groups is 1. The van der Waals surface area contributed by atoms with Gasteiger partial charge in [0.25, 0.3) is 0 Å². The van der Waals surface area contributed by atoms with Crippen LogP contribution in [0.15, 0.2) is 18.2 Å². The SMILES string of the molecule is CC(=O)/C=C/c1ccc(O)c(CO)c1O. The van der Waals surface area contributed by atoms with Crippen LogP contribution in [0.4, 0.5) is 0 Å². The normalized spacial score (nSPS) is 10.8. The molecule has 0 bridgehead atoms. The summed E-state index contributed by atoms with van der Waals surface area (Å²) in [6, 6.07) is 2.81. The fraction of sp³-hybridized carbons (Fsp3) is 0.182. The van der Waals surface area contributed by atoms with Crippen molar-refractivity contribution in [1.29, 1.82) is 0 Å². The third kappa shape index (κ3) is 2.57. The number of carbonyl (C=O) groups is 1. The number of hydrogen-bond donors (Lipinski definition) is 3. The van der Waals surface area contributed by atoms with Gasteiger partial charge in [-0.3, -0.25) is 4.79 Å². The van der Waals surface area contributed by atoms with Crippen molar-refractivity contribution in [3.8, 4) is 11.5 Å². The molecule has 0 fully saturated rings. The summed E-state index contributed by atoms with van der Waals surface area (Å²) in [6.07, 6.45) is 2.73. The van der Waals surface area contributed by atoms with Crippen LogP contribution in [0.1, 0.15) is 18.1 Å². The summed E-state index contributed by atoms with van der Waals surface area (Å²) in [5, 5.41) is 27.8. The molecule has 4 nitrogen and oxygen atoms in total. The van der Waals surface area contributed by atoms with Crippen molar-refractivity contribution in [2.45, 2.75) is 13.5 Å². The van der Waals surface area contributed by atoms with Gasteiger partial charge in [-0.15, -0.1) is 0 Å². The molecule has 0 aromatic heterocycles. The average molecular weight is 208 g/mol. The Morgan fingerprint density at radius 1 is 1.40 bits per heavy atom. The van der Waals surface area contributed by atoms with Crippen LogP contribution >= 0.6 is 0 Å². The van der Waals surface area contributed by atoms with Crippen LogP contribution in [0.2, 0.25) is 0 Å². The lowest BCUT2D eigenvalue weighted by atomic mass is 10.1. The van der Waals surface area contributed by atoms with Crippen molar-refractivity contribution < 1.29 is 20.1 Å². The molecule has 0 saturated heterocycles. The predicted molar refractivity (Wildman–Crippen MR) is 55.4 cm³/mol. The van der Waals surface area contributed by atoms with Crippen molar-refractivity contribution in [3.63, 3.8) is 0 Å². The van der Waals surface area contributed by atoms with E-state index in [1.165, 1.54) is 31.2 Å². The van der Waals surface area contributed by atoms with E-state index in [1.807, 2.05) is 0 Å². The summed E-state index contributed by atoms with van der Waals surface area (Å²) in [7, 11) is 0. The standard InChI is InChI=1S/C11H12O4/c1-7(13)2-3-8-4-5-10(14)9(6-12)11(8)15/h2-5,12,14-15H,6H2,1H3/b3-2+. The summed E-state index contributed by atoms with van der Waals surface area (Å²) < 4.78 is 0. The zero-order valence-corrected chi connectivity index (χ0v) is 8.27. The molecule has 0 unspecified atom stereocenters. The van der Waals surface area contributed by atoms with Crippen LogP contribution in [0, 0.1) is 0 Å². The molecule has 4 heteroatoms. The molecule has 0 saturated carbocycles. The topological polar surface area (TPSA) is 77.8 Å².